The molecule has 0 bridgehead atoms. The SMILES string of the molecule is Cc1ccc(N2N=C(c3ccc(P)cc3)C(c3ccc(Cl)o3)C2(C)C(=O)NCC2CN(C)CCO2)cc1. The van der Waals surface area contributed by atoms with E-state index in [1.165, 1.54) is 0 Å². The number of carbonyl (C=O) groups is 1. The van der Waals surface area contributed by atoms with Crippen molar-refractivity contribution in [3.63, 3.8) is 0 Å². The van der Waals surface area contributed by atoms with Gasteiger partial charge < -0.3 is 19.4 Å². The Morgan fingerprint density at radius 1 is 1.16 bits per heavy atom. The van der Waals surface area contributed by atoms with E-state index >= 15 is 0 Å². The average molecular weight is 539 g/mol. The van der Waals surface area contributed by atoms with Gasteiger partial charge in [-0.25, -0.2) is 5.01 Å². The molecular weight excluding hydrogens is 507 g/mol. The molecule has 5 rings (SSSR count). The molecule has 1 fully saturated rings. The summed E-state index contributed by atoms with van der Waals surface area (Å²) in [6.07, 6.45) is -0.0768. The van der Waals surface area contributed by atoms with Gasteiger partial charge in [-0.05, 0) is 67.6 Å². The summed E-state index contributed by atoms with van der Waals surface area (Å²) in [6, 6.07) is 19.6. The molecule has 4 atom stereocenters. The van der Waals surface area contributed by atoms with Crippen LogP contribution in [0.25, 0.3) is 0 Å². The van der Waals surface area contributed by atoms with E-state index in [2.05, 4.69) is 26.5 Å². The van der Waals surface area contributed by atoms with Crippen molar-refractivity contribution in [1.82, 2.24) is 10.2 Å². The third-order valence-electron chi connectivity index (χ3n) is 7.14. The largest absolute Gasteiger partial charge is 0.449 e. The first-order valence-electron chi connectivity index (χ1n) is 12.4. The number of morpholine rings is 1. The summed E-state index contributed by atoms with van der Waals surface area (Å²) in [5.74, 6) is -0.0879. The monoisotopic (exact) mass is 538 g/mol. The standard InChI is InChI=1S/C28H32ClN4O3P/c1-18-4-8-20(9-5-18)33-28(2,27(34)30-16-21-17-32(3)14-15-35-21)25(23-12-13-24(29)36-23)26(31-33)19-6-10-22(37)11-7-19/h4-13,21,25H,14-17,37H2,1-3H3,(H,30,34). The van der Waals surface area contributed by atoms with Crippen LogP contribution in [0.3, 0.4) is 0 Å². The van der Waals surface area contributed by atoms with Crippen LogP contribution >= 0.6 is 20.8 Å². The molecule has 0 spiro atoms. The summed E-state index contributed by atoms with van der Waals surface area (Å²) in [5, 5.41) is 11.4. The zero-order valence-corrected chi connectivity index (χ0v) is 23.2. The van der Waals surface area contributed by atoms with Crippen LogP contribution in [0, 0.1) is 6.92 Å². The molecule has 0 aliphatic carbocycles. The highest BCUT2D eigenvalue weighted by molar-refractivity contribution is 7.27. The van der Waals surface area contributed by atoms with Gasteiger partial charge in [-0.2, -0.15) is 5.10 Å². The van der Waals surface area contributed by atoms with Gasteiger partial charge in [0.2, 0.25) is 5.91 Å². The normalized spacial score (nSPS) is 24.2. The molecule has 1 aromatic heterocycles. The molecule has 2 aliphatic heterocycles. The Balaban J connectivity index is 1.58. The number of benzene rings is 2. The first kappa shape index (κ1) is 25.9. The number of aryl methyl sites for hydroxylation is 1. The highest BCUT2D eigenvalue weighted by Gasteiger charge is 2.56. The Morgan fingerprint density at radius 3 is 2.54 bits per heavy atom. The van der Waals surface area contributed by atoms with E-state index in [1.807, 2.05) is 73.5 Å². The molecule has 4 unspecified atom stereocenters. The van der Waals surface area contributed by atoms with Crippen LogP contribution in [0.15, 0.2) is 70.2 Å². The smallest absolute Gasteiger partial charge is 0.249 e. The van der Waals surface area contributed by atoms with Crippen LogP contribution < -0.4 is 15.6 Å². The lowest BCUT2D eigenvalue weighted by Gasteiger charge is -2.37. The molecule has 0 saturated carbocycles. The molecular formula is C28H32ClN4O3P. The number of hydrazone groups is 1. The molecule has 1 amide bonds. The molecule has 2 aromatic carbocycles. The summed E-state index contributed by atoms with van der Waals surface area (Å²) in [5.41, 5.74) is 2.46. The van der Waals surface area contributed by atoms with Crippen molar-refractivity contribution in [1.29, 1.82) is 0 Å². The van der Waals surface area contributed by atoms with E-state index in [0.717, 1.165) is 40.9 Å². The van der Waals surface area contributed by atoms with Gasteiger partial charge in [-0.3, -0.25) is 4.79 Å². The zero-order chi connectivity index (χ0) is 26.2. The maximum atomic E-state index is 14.2. The number of carbonyl (C=O) groups excluding carboxylic acids is 1. The second kappa shape index (κ2) is 10.6. The van der Waals surface area contributed by atoms with Crippen molar-refractivity contribution < 1.29 is 13.9 Å². The molecule has 37 heavy (non-hydrogen) atoms. The highest BCUT2D eigenvalue weighted by atomic mass is 35.5. The third kappa shape index (κ3) is 5.19. The number of rotatable bonds is 6. The summed E-state index contributed by atoms with van der Waals surface area (Å²) in [4.78, 5) is 16.4. The van der Waals surface area contributed by atoms with Gasteiger partial charge >= 0.3 is 0 Å². The molecule has 9 heteroatoms. The van der Waals surface area contributed by atoms with Crippen molar-refractivity contribution in [2.75, 3.05) is 38.3 Å². The number of furan rings is 1. The number of hydrogen-bond acceptors (Lipinski definition) is 6. The Kier molecular flexibility index (Phi) is 7.42. The number of hydrogen-bond donors (Lipinski definition) is 1. The number of likely N-dealkylation sites (N-methyl/N-ethyl adjacent to an activating group) is 1. The first-order valence-corrected chi connectivity index (χ1v) is 13.4. The minimum absolute atomic E-state index is 0.0768. The van der Waals surface area contributed by atoms with Crippen molar-refractivity contribution in [3.8, 4) is 0 Å². The van der Waals surface area contributed by atoms with Crippen LogP contribution in [-0.4, -0.2) is 61.5 Å². The maximum Gasteiger partial charge on any atom is 0.249 e. The third-order valence-corrected chi connectivity index (χ3v) is 7.73. The van der Waals surface area contributed by atoms with Crippen LogP contribution in [0.2, 0.25) is 5.22 Å². The predicted molar refractivity (Wildman–Crippen MR) is 151 cm³/mol. The van der Waals surface area contributed by atoms with Gasteiger partial charge in [0.15, 0.2) is 10.8 Å². The van der Waals surface area contributed by atoms with Crippen LogP contribution in [0.1, 0.15) is 29.7 Å². The average Bonchev–Trinajstić information content (AvgIpc) is 3.44. The highest BCUT2D eigenvalue weighted by Crippen LogP contribution is 2.45. The Labute approximate surface area is 225 Å². The van der Waals surface area contributed by atoms with Gasteiger partial charge in [-0.15, -0.1) is 9.24 Å². The summed E-state index contributed by atoms with van der Waals surface area (Å²) < 4.78 is 11.8. The van der Waals surface area contributed by atoms with E-state index in [0.29, 0.717) is 18.9 Å². The number of nitrogens with zero attached hydrogens (tertiary/aromatic N) is 3. The lowest BCUT2D eigenvalue weighted by atomic mass is 9.78. The summed E-state index contributed by atoms with van der Waals surface area (Å²) >= 11 is 6.23. The lowest BCUT2D eigenvalue weighted by molar-refractivity contribution is -0.127. The zero-order valence-electron chi connectivity index (χ0n) is 21.3. The summed E-state index contributed by atoms with van der Waals surface area (Å²) in [6.45, 7) is 6.65. The van der Waals surface area contributed by atoms with E-state index in [9.17, 15) is 4.79 Å². The first-order chi connectivity index (χ1) is 17.8. The predicted octanol–water partition coefficient (Wildman–Crippen LogP) is 3.96. The van der Waals surface area contributed by atoms with Crippen molar-refractivity contribution in [2.24, 2.45) is 5.10 Å². The van der Waals surface area contributed by atoms with Gasteiger partial charge in [0.25, 0.3) is 0 Å². The molecule has 1 saturated heterocycles. The maximum absolute atomic E-state index is 14.2. The molecule has 3 aromatic rings. The quantitative estimate of drug-likeness (QED) is 0.481. The fourth-order valence-corrected chi connectivity index (χ4v) is 5.39. The van der Waals surface area contributed by atoms with Crippen LogP contribution in [0.5, 0.6) is 0 Å². The topological polar surface area (TPSA) is 70.3 Å². The minimum Gasteiger partial charge on any atom is -0.449 e. The second-order valence-electron chi connectivity index (χ2n) is 9.94. The molecule has 3 heterocycles. The van der Waals surface area contributed by atoms with Crippen molar-refractivity contribution >= 4 is 43.5 Å². The van der Waals surface area contributed by atoms with Gasteiger partial charge in [0.05, 0.1) is 30.0 Å². The Hall–Kier alpha value is -2.70. The second-order valence-corrected chi connectivity index (χ2v) is 11.0. The number of ether oxygens (including phenoxy) is 1. The number of halogens is 1. The van der Waals surface area contributed by atoms with Crippen molar-refractivity contribution in [3.05, 3.63) is 82.8 Å². The molecule has 0 radical (unpaired) electrons. The summed E-state index contributed by atoms with van der Waals surface area (Å²) in [7, 11) is 4.76. The number of amides is 1. The van der Waals surface area contributed by atoms with Crippen LogP contribution in [-0.2, 0) is 9.53 Å². The molecule has 7 nitrogen and oxygen atoms in total. The number of anilines is 1. The molecule has 194 valence electrons. The van der Waals surface area contributed by atoms with E-state index in [4.69, 9.17) is 25.9 Å². The van der Waals surface area contributed by atoms with Crippen molar-refractivity contribution in [2.45, 2.75) is 31.4 Å². The Bertz CT molecular complexity index is 1290. The van der Waals surface area contributed by atoms with Gasteiger partial charge in [0, 0.05) is 19.6 Å². The molecule has 1 N–H and O–H groups in total. The molecule has 2 aliphatic rings. The van der Waals surface area contributed by atoms with E-state index in [-0.39, 0.29) is 17.2 Å². The lowest BCUT2D eigenvalue weighted by Crippen LogP contribution is -2.58. The minimum atomic E-state index is -1.13. The van der Waals surface area contributed by atoms with Gasteiger partial charge in [-0.1, -0.05) is 42.0 Å². The fourth-order valence-electron chi connectivity index (χ4n) is 5.05. The van der Waals surface area contributed by atoms with Crippen LogP contribution in [0.4, 0.5) is 5.69 Å². The van der Waals surface area contributed by atoms with E-state index < -0.39 is 11.5 Å². The van der Waals surface area contributed by atoms with Gasteiger partial charge in [0.1, 0.15) is 5.76 Å². The fraction of sp³-hybridized carbons (Fsp3) is 0.357. The van der Waals surface area contributed by atoms with E-state index in [1.54, 1.807) is 6.07 Å². The Morgan fingerprint density at radius 2 is 1.89 bits per heavy atom. The number of nitrogens with one attached hydrogen (secondary N) is 1.